The van der Waals surface area contributed by atoms with Gasteiger partial charge in [0.25, 0.3) is 0 Å². The Morgan fingerprint density at radius 2 is 1.77 bits per heavy atom. The van der Waals surface area contributed by atoms with Gasteiger partial charge in [-0.3, -0.25) is 4.79 Å². The maximum absolute atomic E-state index is 12.3. The number of hydrogen-bond acceptors (Lipinski definition) is 5. The van der Waals surface area contributed by atoms with Gasteiger partial charge in [0.05, 0.1) is 12.1 Å². The van der Waals surface area contributed by atoms with Crippen molar-refractivity contribution in [3.63, 3.8) is 0 Å². The Morgan fingerprint density at radius 1 is 1.09 bits per heavy atom. The number of ketones is 1. The Hall–Kier alpha value is -2.05. The van der Waals surface area contributed by atoms with Crippen LogP contribution in [0.3, 0.4) is 0 Å². The van der Waals surface area contributed by atoms with Crippen LogP contribution in [0.2, 0.25) is 5.02 Å². The quantitative estimate of drug-likeness (QED) is 0.617. The van der Waals surface area contributed by atoms with Crippen LogP contribution in [-0.4, -0.2) is 21.3 Å². The molecule has 0 unspecified atom stereocenters. The van der Waals surface area contributed by atoms with E-state index in [0.29, 0.717) is 5.56 Å². The highest BCUT2D eigenvalue weighted by Crippen LogP contribution is 2.32. The molecule has 0 aliphatic rings. The lowest BCUT2D eigenvalue weighted by Crippen LogP contribution is -2.11. The number of ether oxygens (including phenoxy) is 1. The van der Waals surface area contributed by atoms with Crippen molar-refractivity contribution < 1.29 is 22.1 Å². The minimum Gasteiger partial charge on any atom is -0.493 e. The van der Waals surface area contributed by atoms with Crippen LogP contribution in [0, 0.1) is 0 Å². The zero-order chi connectivity index (χ0) is 16.3. The van der Waals surface area contributed by atoms with Crippen LogP contribution in [0.1, 0.15) is 17.3 Å². The summed E-state index contributed by atoms with van der Waals surface area (Å²) in [6.45, 7) is 1.40. The lowest BCUT2D eigenvalue weighted by molar-refractivity contribution is 0.101. The van der Waals surface area contributed by atoms with E-state index in [1.807, 2.05) is 0 Å². The van der Waals surface area contributed by atoms with Crippen molar-refractivity contribution in [3.8, 4) is 11.5 Å². The highest BCUT2D eigenvalue weighted by atomic mass is 35.5. The topological polar surface area (TPSA) is 69.7 Å². The maximum atomic E-state index is 12.3. The number of carbonyl (C=O) groups excluding carboxylic acids is 1. The number of benzene rings is 2. The van der Waals surface area contributed by atoms with Gasteiger partial charge < -0.3 is 8.92 Å². The summed E-state index contributed by atoms with van der Waals surface area (Å²) in [5.74, 6) is -0.0467. The fraction of sp³-hybridized carbons (Fsp3) is 0.133. The molecule has 0 fully saturated rings. The predicted molar refractivity (Wildman–Crippen MR) is 82.3 cm³/mol. The van der Waals surface area contributed by atoms with Gasteiger partial charge in [-0.2, -0.15) is 8.42 Å². The van der Waals surface area contributed by atoms with E-state index in [1.54, 1.807) is 6.07 Å². The molecule has 7 heteroatoms. The summed E-state index contributed by atoms with van der Waals surface area (Å²) in [7, 11) is -2.75. The van der Waals surface area contributed by atoms with E-state index < -0.39 is 10.1 Å². The van der Waals surface area contributed by atoms with Crippen molar-refractivity contribution >= 4 is 27.5 Å². The van der Waals surface area contributed by atoms with Crippen molar-refractivity contribution in [2.24, 2.45) is 0 Å². The summed E-state index contributed by atoms with van der Waals surface area (Å²) in [5.41, 5.74) is 0.388. The van der Waals surface area contributed by atoms with E-state index in [-0.39, 0.29) is 27.2 Å². The van der Waals surface area contributed by atoms with E-state index >= 15 is 0 Å². The fourth-order valence-corrected chi connectivity index (χ4v) is 3.20. The normalized spacial score (nSPS) is 11.0. The summed E-state index contributed by atoms with van der Waals surface area (Å²) < 4.78 is 34.7. The van der Waals surface area contributed by atoms with Crippen molar-refractivity contribution in [2.45, 2.75) is 11.8 Å². The number of rotatable bonds is 5. The van der Waals surface area contributed by atoms with Gasteiger partial charge in [-0.1, -0.05) is 23.7 Å². The molecule has 2 aromatic rings. The number of hydrogen-bond donors (Lipinski definition) is 0. The molecular formula is C15H13ClO5S. The molecular weight excluding hydrogens is 328 g/mol. The van der Waals surface area contributed by atoms with E-state index in [1.165, 1.54) is 50.4 Å². The maximum Gasteiger partial charge on any atom is 0.340 e. The van der Waals surface area contributed by atoms with Crippen molar-refractivity contribution in [2.75, 3.05) is 7.11 Å². The van der Waals surface area contributed by atoms with Gasteiger partial charge >= 0.3 is 10.1 Å². The average molecular weight is 341 g/mol. The highest BCUT2D eigenvalue weighted by molar-refractivity contribution is 7.87. The smallest absolute Gasteiger partial charge is 0.340 e. The molecule has 2 rings (SSSR count). The molecule has 22 heavy (non-hydrogen) atoms. The van der Waals surface area contributed by atoms with Crippen molar-refractivity contribution in [3.05, 3.63) is 53.1 Å². The molecule has 0 spiro atoms. The largest absolute Gasteiger partial charge is 0.493 e. The summed E-state index contributed by atoms with van der Waals surface area (Å²) >= 11 is 5.88. The molecule has 0 N–H and O–H groups in total. The first-order chi connectivity index (χ1) is 10.3. The van der Waals surface area contributed by atoms with Gasteiger partial charge in [-0.15, -0.1) is 0 Å². The molecule has 0 bridgehead atoms. The van der Waals surface area contributed by atoms with Gasteiger partial charge in [0.15, 0.2) is 17.3 Å². The summed E-state index contributed by atoms with van der Waals surface area (Å²) in [6.07, 6.45) is 0. The third-order valence-corrected chi connectivity index (χ3v) is 4.61. The van der Waals surface area contributed by atoms with Gasteiger partial charge in [-0.05, 0) is 37.3 Å². The Balaban J connectivity index is 2.42. The first kappa shape index (κ1) is 16.3. The SMILES string of the molecule is COc1cc(C(C)=O)ccc1OS(=O)(=O)c1ccccc1Cl. The minimum absolute atomic E-state index is 0.0209. The third kappa shape index (κ3) is 3.40. The molecule has 0 saturated heterocycles. The van der Waals surface area contributed by atoms with Crippen LogP contribution in [0.15, 0.2) is 47.4 Å². The molecule has 0 aromatic heterocycles. The molecule has 0 atom stereocenters. The van der Waals surface area contributed by atoms with E-state index in [4.69, 9.17) is 20.5 Å². The average Bonchev–Trinajstić information content (AvgIpc) is 2.47. The second-order valence-electron chi connectivity index (χ2n) is 4.39. The second kappa shape index (κ2) is 6.37. The van der Waals surface area contributed by atoms with Crippen LogP contribution in [-0.2, 0) is 10.1 Å². The lowest BCUT2D eigenvalue weighted by atomic mass is 10.1. The Bertz CT molecular complexity index is 814. The van der Waals surface area contributed by atoms with E-state index in [9.17, 15) is 13.2 Å². The van der Waals surface area contributed by atoms with Crippen molar-refractivity contribution in [1.29, 1.82) is 0 Å². The Kier molecular flexibility index (Phi) is 4.73. The molecule has 0 aliphatic carbocycles. The first-order valence-electron chi connectivity index (χ1n) is 6.23. The van der Waals surface area contributed by atoms with E-state index in [2.05, 4.69) is 0 Å². The van der Waals surface area contributed by atoms with Gasteiger partial charge in [0, 0.05) is 5.56 Å². The number of Topliss-reactive ketones (excluding diaryl/α,β-unsaturated/α-hetero) is 1. The van der Waals surface area contributed by atoms with Crippen molar-refractivity contribution in [1.82, 2.24) is 0 Å². The molecule has 0 radical (unpaired) electrons. The number of carbonyl (C=O) groups is 1. The molecule has 0 amide bonds. The monoisotopic (exact) mass is 340 g/mol. The van der Waals surface area contributed by atoms with Crippen LogP contribution in [0.5, 0.6) is 11.5 Å². The van der Waals surface area contributed by atoms with Gasteiger partial charge in [-0.25, -0.2) is 0 Å². The molecule has 0 aliphatic heterocycles. The molecule has 0 heterocycles. The minimum atomic E-state index is -4.11. The van der Waals surface area contributed by atoms with Crippen LogP contribution < -0.4 is 8.92 Å². The highest BCUT2D eigenvalue weighted by Gasteiger charge is 2.22. The zero-order valence-electron chi connectivity index (χ0n) is 11.9. The molecule has 2 aromatic carbocycles. The molecule has 116 valence electrons. The lowest BCUT2D eigenvalue weighted by Gasteiger charge is -2.12. The number of methoxy groups -OCH3 is 1. The third-order valence-electron chi connectivity index (χ3n) is 2.88. The predicted octanol–water partition coefficient (Wildman–Crippen LogP) is 3.32. The Morgan fingerprint density at radius 3 is 2.36 bits per heavy atom. The van der Waals surface area contributed by atoms with Gasteiger partial charge in [0.2, 0.25) is 0 Å². The molecule has 0 saturated carbocycles. The summed E-state index contributed by atoms with van der Waals surface area (Å²) in [5, 5.41) is 0.0572. The number of halogens is 1. The summed E-state index contributed by atoms with van der Waals surface area (Å²) in [6, 6.07) is 10.2. The fourth-order valence-electron chi connectivity index (χ4n) is 1.77. The van der Waals surface area contributed by atoms with Gasteiger partial charge in [0.1, 0.15) is 4.90 Å². The molecule has 5 nitrogen and oxygen atoms in total. The second-order valence-corrected chi connectivity index (χ2v) is 6.31. The zero-order valence-corrected chi connectivity index (χ0v) is 13.4. The van der Waals surface area contributed by atoms with Crippen LogP contribution >= 0.6 is 11.6 Å². The van der Waals surface area contributed by atoms with Crippen LogP contribution in [0.4, 0.5) is 0 Å². The van der Waals surface area contributed by atoms with E-state index in [0.717, 1.165) is 0 Å². The standard InChI is InChI=1S/C15H13ClO5S/c1-10(17)11-7-8-13(14(9-11)20-2)21-22(18,19)15-6-4-3-5-12(15)16/h3-9H,1-2H3. The van der Waals surface area contributed by atoms with Crippen LogP contribution in [0.25, 0.3) is 0 Å². The first-order valence-corrected chi connectivity index (χ1v) is 8.02. The Labute approximate surface area is 133 Å². The summed E-state index contributed by atoms with van der Waals surface area (Å²) in [4.78, 5) is 11.2.